The summed E-state index contributed by atoms with van der Waals surface area (Å²) in [7, 11) is 0. The van der Waals surface area contributed by atoms with E-state index in [4.69, 9.17) is 28.7 Å². The number of carboxylic acid groups (broad SMARTS) is 2. The van der Waals surface area contributed by atoms with Crippen LogP contribution in [0.5, 0.6) is 0 Å². The highest BCUT2D eigenvalue weighted by Crippen LogP contribution is 2.23. The van der Waals surface area contributed by atoms with Crippen LogP contribution in [-0.2, 0) is 78.3 Å². The number of nitrogens with one attached hydrogen (secondary N) is 10. The third-order valence-corrected chi connectivity index (χ3v) is 17.3. The van der Waals surface area contributed by atoms with Crippen molar-refractivity contribution in [2.24, 2.45) is 45.5 Å². The number of hydrogen-bond acceptors (Lipinski definition) is 20. The predicted molar refractivity (Wildman–Crippen MR) is 362 cm³/mol. The van der Waals surface area contributed by atoms with E-state index in [-0.39, 0.29) is 64.0 Å². The Balaban J connectivity index is 2.41. The van der Waals surface area contributed by atoms with E-state index >= 15 is 0 Å². The van der Waals surface area contributed by atoms with Gasteiger partial charge in [0.1, 0.15) is 66.5 Å². The van der Waals surface area contributed by atoms with Crippen LogP contribution in [0, 0.1) is 11.8 Å². The molecule has 0 unspecified atom stereocenters. The number of primary amides is 2. The number of thioether (sulfide) groups is 2. The SMILES string of the molecule is CC[C@H](C)[C@H](NC(=O)[C@@H](N)CCCN=C(N)N)C(=O)N[C@@H](CC(N)=O)C(=O)N[C@@H](CC(N)=O)C(=O)N[C@H](C(=O)N1CCC[C@H]1C(=O)N[C@@H](Cc1ccccc1)C(=O)N[C@@H](CO)C(=O)N[C@@H](CCC(=O)O)C(=O)N[C@@H](C)C(=O)N[C@@H](CCSC)C(=O)N[C@@H](CCSC)C(=O)O)[C@@H](C)CC. The number of benzene rings is 1. The van der Waals surface area contributed by atoms with E-state index in [1.165, 1.54) is 35.3 Å². The van der Waals surface area contributed by atoms with Gasteiger partial charge in [-0.05, 0) is 93.3 Å². The molecule has 1 fully saturated rings. The molecule has 0 aliphatic carbocycles. The molecule has 23 N–H and O–H groups in total. The fourth-order valence-corrected chi connectivity index (χ4v) is 10.9. The van der Waals surface area contributed by atoms with Crippen molar-refractivity contribution in [1.29, 1.82) is 0 Å². The second-order valence-corrected chi connectivity index (χ2v) is 25.7. The number of carbonyl (C=O) groups excluding carboxylic acids is 13. The van der Waals surface area contributed by atoms with Crippen LogP contribution < -0.4 is 81.8 Å². The van der Waals surface area contributed by atoms with Crippen molar-refractivity contribution in [3.63, 3.8) is 0 Å². The maximum atomic E-state index is 14.8. The molecule has 37 heteroatoms. The minimum atomic E-state index is -1.87. The number of carboxylic acids is 2. The van der Waals surface area contributed by atoms with E-state index in [9.17, 15) is 87.2 Å². The first-order valence-electron chi connectivity index (χ1n) is 32.0. The largest absolute Gasteiger partial charge is 0.481 e. The van der Waals surface area contributed by atoms with Crippen LogP contribution in [0.25, 0.3) is 0 Å². The van der Waals surface area contributed by atoms with E-state index in [1.54, 1.807) is 70.5 Å². The summed E-state index contributed by atoms with van der Waals surface area (Å²) >= 11 is 2.71. The van der Waals surface area contributed by atoms with Crippen LogP contribution >= 0.6 is 23.5 Å². The number of guanidine groups is 1. The first kappa shape index (κ1) is 85.2. The number of carbonyl (C=O) groups is 15. The molecule has 548 valence electrons. The van der Waals surface area contributed by atoms with Gasteiger partial charge in [-0.15, -0.1) is 0 Å². The van der Waals surface area contributed by atoms with Gasteiger partial charge in [-0.25, -0.2) is 4.79 Å². The number of aliphatic carboxylic acids is 2. The average molecular weight is 1420 g/mol. The van der Waals surface area contributed by atoms with Gasteiger partial charge >= 0.3 is 11.9 Å². The normalized spacial score (nSPS) is 16.6. The fourth-order valence-electron chi connectivity index (χ4n) is 9.93. The lowest BCUT2D eigenvalue weighted by Gasteiger charge is -2.33. The molecule has 98 heavy (non-hydrogen) atoms. The van der Waals surface area contributed by atoms with Crippen LogP contribution in [0.3, 0.4) is 0 Å². The van der Waals surface area contributed by atoms with Crippen LogP contribution in [0.1, 0.15) is 117 Å². The van der Waals surface area contributed by atoms with Gasteiger partial charge in [0.15, 0.2) is 5.96 Å². The summed E-state index contributed by atoms with van der Waals surface area (Å²) in [6, 6.07) is -9.71. The average Bonchev–Trinajstić information content (AvgIpc) is 1.56. The molecular formula is C61H99N17O18S2. The molecule has 0 spiro atoms. The smallest absolute Gasteiger partial charge is 0.326 e. The summed E-state index contributed by atoms with van der Waals surface area (Å²) in [6.07, 6.45) is 1.71. The summed E-state index contributed by atoms with van der Waals surface area (Å²) in [5.74, 6) is -16.2. The van der Waals surface area contributed by atoms with Crippen molar-refractivity contribution in [3.8, 4) is 0 Å². The van der Waals surface area contributed by atoms with E-state index in [1.807, 2.05) is 0 Å². The number of rotatable bonds is 46. The monoisotopic (exact) mass is 1420 g/mol. The minimum Gasteiger partial charge on any atom is -0.481 e. The molecule has 0 bridgehead atoms. The van der Waals surface area contributed by atoms with Crippen molar-refractivity contribution in [1.82, 2.24) is 58.1 Å². The van der Waals surface area contributed by atoms with Crippen LogP contribution in [-0.4, -0.2) is 231 Å². The maximum absolute atomic E-state index is 14.8. The highest BCUT2D eigenvalue weighted by molar-refractivity contribution is 7.98. The number of amides is 13. The molecule has 0 radical (unpaired) electrons. The number of aliphatic hydroxyl groups is 1. The van der Waals surface area contributed by atoms with Crippen molar-refractivity contribution in [2.45, 2.75) is 191 Å². The molecule has 0 saturated carbocycles. The fraction of sp³-hybridized carbons (Fsp3) is 0.639. The summed E-state index contributed by atoms with van der Waals surface area (Å²) in [4.78, 5) is 207. The summed E-state index contributed by atoms with van der Waals surface area (Å²) in [5.41, 5.74) is 28.3. The number of nitrogens with two attached hydrogens (primary N) is 5. The molecule has 2 rings (SSSR count). The van der Waals surface area contributed by atoms with E-state index < -0.39 is 205 Å². The number of nitrogens with zero attached hydrogens (tertiary/aromatic N) is 2. The Labute approximate surface area is 576 Å². The highest BCUT2D eigenvalue weighted by atomic mass is 32.2. The van der Waals surface area contributed by atoms with Crippen molar-refractivity contribution in [2.75, 3.05) is 43.7 Å². The van der Waals surface area contributed by atoms with Crippen LogP contribution in [0.15, 0.2) is 35.3 Å². The zero-order chi connectivity index (χ0) is 73.9. The molecule has 13 amide bonds. The molecule has 1 aromatic rings. The van der Waals surface area contributed by atoms with Crippen LogP contribution in [0.2, 0.25) is 0 Å². The lowest BCUT2D eigenvalue weighted by Crippen LogP contribution is -2.62. The van der Waals surface area contributed by atoms with Gasteiger partial charge < -0.3 is 102 Å². The van der Waals surface area contributed by atoms with E-state index in [2.05, 4.69) is 58.2 Å². The molecule has 0 aromatic heterocycles. The van der Waals surface area contributed by atoms with Gasteiger partial charge in [-0.1, -0.05) is 70.9 Å². The summed E-state index contributed by atoms with van der Waals surface area (Å²) < 4.78 is 0. The number of aliphatic hydroxyl groups excluding tert-OH is 1. The first-order chi connectivity index (χ1) is 46.2. The lowest BCUT2D eigenvalue weighted by atomic mass is 9.96. The van der Waals surface area contributed by atoms with Gasteiger partial charge in [0.05, 0.1) is 25.5 Å². The second kappa shape index (κ2) is 44.2. The van der Waals surface area contributed by atoms with Crippen molar-refractivity contribution < 1.29 is 87.2 Å². The zero-order valence-electron chi connectivity index (χ0n) is 56.3. The predicted octanol–water partition coefficient (Wildman–Crippen LogP) is -5.24. The molecule has 1 heterocycles. The van der Waals surface area contributed by atoms with Crippen molar-refractivity contribution in [3.05, 3.63) is 35.9 Å². The van der Waals surface area contributed by atoms with Gasteiger partial charge in [0, 0.05) is 25.9 Å². The molecule has 35 nitrogen and oxygen atoms in total. The Morgan fingerprint density at radius 3 is 1.57 bits per heavy atom. The standard InChI is InChI=1S/C61H99N17O18S2/c1-8-31(3)47(76-50(85)35(62)17-13-23-67-61(65)66)58(93)74-40(28-44(63)80)54(89)72-41(29-45(64)81)55(90)77-48(32(4)9-2)59(94)78-24-14-18-43(78)57(92)73-39(27-34-15-11-10-12-16-34)53(88)75-42(30-79)56(91)70-36(19-20-46(82)83)51(86)68-33(5)49(84)69-37(21-25-97-6)52(87)71-38(60(95)96)22-26-98-7/h10-12,15-16,31-33,35-43,47-48,79H,8-9,13-14,17-30,62H2,1-7H3,(H2,63,80)(H2,64,81)(H,68,86)(H,69,84)(H,70,91)(H,71,87)(H,72,89)(H,73,92)(H,74,93)(H,75,88)(H,76,85)(H,77,90)(H,82,83)(H,95,96)(H4,65,66,67)/t31-,32-,33-,35-,36-,37-,38-,39-,40-,41-,42-,43-,47-,48-/m0/s1. The van der Waals surface area contributed by atoms with E-state index in [0.29, 0.717) is 29.9 Å². The highest BCUT2D eigenvalue weighted by Gasteiger charge is 2.43. The second-order valence-electron chi connectivity index (χ2n) is 23.7. The molecule has 1 aromatic carbocycles. The Hall–Kier alpha value is -8.84. The number of hydrogen-bond donors (Lipinski definition) is 18. The minimum absolute atomic E-state index is 0.0300. The first-order valence-corrected chi connectivity index (χ1v) is 34.8. The van der Waals surface area contributed by atoms with E-state index in [0.717, 1.165) is 0 Å². The molecule has 1 aliphatic rings. The van der Waals surface area contributed by atoms with Gasteiger partial charge in [0.25, 0.3) is 0 Å². The molecule has 14 atom stereocenters. The number of likely N-dealkylation sites (tertiary alicyclic amines) is 1. The molecule has 1 aliphatic heterocycles. The van der Waals surface area contributed by atoms with Gasteiger partial charge in [0.2, 0.25) is 76.8 Å². The Morgan fingerprint density at radius 2 is 1.03 bits per heavy atom. The van der Waals surface area contributed by atoms with Gasteiger partial charge in [-0.3, -0.25) is 72.1 Å². The van der Waals surface area contributed by atoms with Crippen LogP contribution in [0.4, 0.5) is 0 Å². The van der Waals surface area contributed by atoms with Gasteiger partial charge in [-0.2, -0.15) is 23.5 Å². The Kier molecular flexibility index (Phi) is 38.4. The zero-order valence-corrected chi connectivity index (χ0v) is 57.9. The molecular weight excluding hydrogens is 1320 g/mol. The topological polar surface area (TPSA) is 583 Å². The Morgan fingerprint density at radius 1 is 0.561 bits per heavy atom. The lowest BCUT2D eigenvalue weighted by molar-refractivity contribution is -0.144. The maximum Gasteiger partial charge on any atom is 0.326 e. The third kappa shape index (κ3) is 29.9. The molecule has 1 saturated heterocycles. The van der Waals surface area contributed by atoms with Crippen molar-refractivity contribution >= 4 is 118 Å². The summed E-state index contributed by atoms with van der Waals surface area (Å²) in [5, 5.41) is 54.2. The third-order valence-electron chi connectivity index (χ3n) is 16.0. The summed E-state index contributed by atoms with van der Waals surface area (Å²) in [6.45, 7) is 6.87. The quantitative estimate of drug-likeness (QED) is 0.0165. The Bertz CT molecular complexity index is 2950. The number of aliphatic imine (C=N–C) groups is 1.